The van der Waals surface area contributed by atoms with E-state index in [1.165, 1.54) is 6.07 Å². The van der Waals surface area contributed by atoms with E-state index >= 15 is 0 Å². The Labute approximate surface area is 111 Å². The summed E-state index contributed by atoms with van der Waals surface area (Å²) in [6.45, 7) is 6.40. The van der Waals surface area contributed by atoms with Crippen LogP contribution >= 0.6 is 0 Å². The minimum atomic E-state index is -0.404. The first-order valence-electron chi connectivity index (χ1n) is 6.33. The fourth-order valence-corrected chi connectivity index (χ4v) is 1.92. The molecular weight excluding hydrogens is 243 g/mol. The summed E-state index contributed by atoms with van der Waals surface area (Å²) in [5, 5.41) is 3.40. The zero-order chi connectivity index (χ0) is 14.0. The molecule has 1 N–H and O–H groups in total. The van der Waals surface area contributed by atoms with Crippen LogP contribution in [-0.2, 0) is 0 Å². The van der Waals surface area contributed by atoms with Gasteiger partial charge in [-0.25, -0.2) is 9.37 Å². The molecule has 100 valence electrons. The van der Waals surface area contributed by atoms with Gasteiger partial charge in [0.2, 0.25) is 0 Å². The molecule has 1 heterocycles. The van der Waals surface area contributed by atoms with Crippen LogP contribution < -0.4 is 5.32 Å². The minimum Gasteiger partial charge on any atom is -0.352 e. The Balaban J connectivity index is 2.48. The van der Waals surface area contributed by atoms with Crippen molar-refractivity contribution in [2.45, 2.75) is 20.8 Å². The van der Waals surface area contributed by atoms with Crippen molar-refractivity contribution in [3.63, 3.8) is 0 Å². The summed E-state index contributed by atoms with van der Waals surface area (Å²) in [6, 6.07) is 6.35. The van der Waals surface area contributed by atoms with Gasteiger partial charge >= 0.3 is 0 Å². The van der Waals surface area contributed by atoms with Gasteiger partial charge in [-0.05, 0) is 25.0 Å². The number of carbonyl (C=O) groups excluding carboxylic acids is 1. The lowest BCUT2D eigenvalue weighted by molar-refractivity contribution is 0.0950. The second-order valence-corrected chi connectivity index (χ2v) is 5.05. The lowest BCUT2D eigenvalue weighted by Crippen LogP contribution is -2.27. The molecule has 0 unspecified atom stereocenters. The van der Waals surface area contributed by atoms with Crippen molar-refractivity contribution < 1.29 is 9.18 Å². The molecule has 0 atom stereocenters. The van der Waals surface area contributed by atoms with Crippen LogP contribution in [0.15, 0.2) is 24.3 Å². The Kier molecular flexibility index (Phi) is 3.79. The van der Waals surface area contributed by atoms with E-state index in [2.05, 4.69) is 10.3 Å². The first-order valence-corrected chi connectivity index (χ1v) is 6.33. The van der Waals surface area contributed by atoms with Crippen LogP contribution in [0, 0.1) is 18.7 Å². The molecule has 0 saturated carbocycles. The number of carbonyl (C=O) groups is 1. The number of benzene rings is 1. The van der Waals surface area contributed by atoms with Gasteiger partial charge in [0.1, 0.15) is 11.3 Å². The largest absolute Gasteiger partial charge is 0.352 e. The Bertz CT molecular complexity index is 623. The third-order valence-electron chi connectivity index (χ3n) is 2.83. The number of fused-ring (bicyclic) bond motifs is 1. The Morgan fingerprint density at radius 3 is 2.84 bits per heavy atom. The lowest BCUT2D eigenvalue weighted by atomic mass is 10.1. The Morgan fingerprint density at radius 1 is 1.42 bits per heavy atom. The number of hydrogen-bond acceptors (Lipinski definition) is 2. The lowest BCUT2D eigenvalue weighted by Gasteiger charge is -2.10. The van der Waals surface area contributed by atoms with Crippen molar-refractivity contribution >= 4 is 16.8 Å². The summed E-state index contributed by atoms with van der Waals surface area (Å²) < 4.78 is 13.7. The Hall–Kier alpha value is -1.97. The maximum absolute atomic E-state index is 13.7. The zero-order valence-corrected chi connectivity index (χ0v) is 11.3. The third kappa shape index (κ3) is 2.89. The average molecular weight is 260 g/mol. The molecule has 2 aromatic rings. The molecule has 4 heteroatoms. The van der Waals surface area contributed by atoms with Crippen LogP contribution in [0.1, 0.15) is 29.9 Å². The second kappa shape index (κ2) is 5.34. The van der Waals surface area contributed by atoms with Crippen LogP contribution in [-0.4, -0.2) is 17.4 Å². The SMILES string of the molecule is Cc1cc(C(=O)NCC(C)C)c2cccc(F)c2n1. The first-order chi connectivity index (χ1) is 8.99. The van der Waals surface area contributed by atoms with Gasteiger partial charge in [0.15, 0.2) is 0 Å². The monoisotopic (exact) mass is 260 g/mol. The van der Waals surface area contributed by atoms with Crippen molar-refractivity contribution in [1.29, 1.82) is 0 Å². The van der Waals surface area contributed by atoms with Crippen molar-refractivity contribution in [2.24, 2.45) is 5.92 Å². The van der Waals surface area contributed by atoms with Crippen LogP contribution in [0.2, 0.25) is 0 Å². The van der Waals surface area contributed by atoms with E-state index in [4.69, 9.17) is 0 Å². The van der Waals surface area contributed by atoms with Crippen molar-refractivity contribution in [2.75, 3.05) is 6.54 Å². The highest BCUT2D eigenvalue weighted by Crippen LogP contribution is 2.20. The van der Waals surface area contributed by atoms with E-state index in [9.17, 15) is 9.18 Å². The van der Waals surface area contributed by atoms with Gasteiger partial charge in [-0.1, -0.05) is 26.0 Å². The highest BCUT2D eigenvalue weighted by atomic mass is 19.1. The molecule has 0 aliphatic rings. The van der Waals surface area contributed by atoms with Gasteiger partial charge in [0.05, 0.1) is 5.56 Å². The van der Waals surface area contributed by atoms with Crippen LogP contribution in [0.5, 0.6) is 0 Å². The van der Waals surface area contributed by atoms with E-state index < -0.39 is 5.82 Å². The summed E-state index contributed by atoms with van der Waals surface area (Å²) in [5.74, 6) is -0.219. The highest BCUT2D eigenvalue weighted by Gasteiger charge is 2.14. The van der Waals surface area contributed by atoms with E-state index in [1.807, 2.05) is 13.8 Å². The number of hydrogen-bond donors (Lipinski definition) is 1. The molecule has 0 saturated heterocycles. The molecule has 0 aliphatic heterocycles. The smallest absolute Gasteiger partial charge is 0.252 e. The molecule has 0 fully saturated rings. The maximum Gasteiger partial charge on any atom is 0.252 e. The summed E-state index contributed by atoms with van der Waals surface area (Å²) in [6.07, 6.45) is 0. The zero-order valence-electron chi connectivity index (χ0n) is 11.3. The average Bonchev–Trinajstić information content (AvgIpc) is 2.36. The molecule has 0 radical (unpaired) electrons. The normalized spacial score (nSPS) is 11.0. The molecule has 1 aromatic carbocycles. The van der Waals surface area contributed by atoms with Crippen LogP contribution in [0.3, 0.4) is 0 Å². The van der Waals surface area contributed by atoms with Gasteiger partial charge in [-0.15, -0.1) is 0 Å². The molecule has 0 spiro atoms. The molecule has 2 rings (SSSR count). The van der Waals surface area contributed by atoms with E-state index in [-0.39, 0.29) is 11.4 Å². The molecule has 1 aromatic heterocycles. The summed E-state index contributed by atoms with van der Waals surface area (Å²) >= 11 is 0. The van der Waals surface area contributed by atoms with Gasteiger partial charge in [-0.3, -0.25) is 4.79 Å². The minimum absolute atomic E-state index is 0.185. The van der Waals surface area contributed by atoms with Crippen LogP contribution in [0.4, 0.5) is 4.39 Å². The van der Waals surface area contributed by atoms with Gasteiger partial charge in [-0.2, -0.15) is 0 Å². The first kappa shape index (κ1) is 13.5. The summed E-state index contributed by atoms with van der Waals surface area (Å²) in [5.41, 5.74) is 1.35. The Morgan fingerprint density at radius 2 is 2.16 bits per heavy atom. The highest BCUT2D eigenvalue weighted by molar-refractivity contribution is 6.06. The fourth-order valence-electron chi connectivity index (χ4n) is 1.92. The number of rotatable bonds is 3. The van der Waals surface area contributed by atoms with Crippen molar-refractivity contribution in [3.8, 4) is 0 Å². The standard InChI is InChI=1S/C15H17FN2O/c1-9(2)8-17-15(19)12-7-10(3)18-14-11(12)5-4-6-13(14)16/h4-7,9H,8H2,1-3H3,(H,17,19). The van der Waals surface area contributed by atoms with Gasteiger partial charge in [0, 0.05) is 17.6 Å². The van der Waals surface area contributed by atoms with Gasteiger partial charge in [0.25, 0.3) is 5.91 Å². The summed E-state index contributed by atoms with van der Waals surface area (Å²) in [7, 11) is 0. The van der Waals surface area contributed by atoms with Gasteiger partial charge < -0.3 is 5.32 Å². The number of halogens is 1. The molecule has 19 heavy (non-hydrogen) atoms. The number of para-hydroxylation sites is 1. The molecule has 0 bridgehead atoms. The number of aryl methyl sites for hydroxylation is 1. The number of pyridine rings is 1. The van der Waals surface area contributed by atoms with E-state index in [1.54, 1.807) is 25.1 Å². The van der Waals surface area contributed by atoms with Crippen molar-refractivity contribution in [1.82, 2.24) is 10.3 Å². The maximum atomic E-state index is 13.7. The quantitative estimate of drug-likeness (QED) is 0.921. The molecule has 1 amide bonds. The second-order valence-electron chi connectivity index (χ2n) is 5.05. The van der Waals surface area contributed by atoms with Crippen LogP contribution in [0.25, 0.3) is 10.9 Å². The number of nitrogens with zero attached hydrogens (tertiary/aromatic N) is 1. The number of aromatic nitrogens is 1. The number of amides is 1. The summed E-state index contributed by atoms with van der Waals surface area (Å²) in [4.78, 5) is 16.3. The molecular formula is C15H17FN2O. The van der Waals surface area contributed by atoms with E-state index in [0.717, 1.165) is 0 Å². The van der Waals surface area contributed by atoms with Crippen molar-refractivity contribution in [3.05, 3.63) is 41.3 Å². The molecule has 3 nitrogen and oxygen atoms in total. The predicted molar refractivity (Wildman–Crippen MR) is 73.6 cm³/mol. The number of nitrogens with one attached hydrogen (secondary N) is 1. The fraction of sp³-hybridized carbons (Fsp3) is 0.333. The third-order valence-corrected chi connectivity index (χ3v) is 2.83. The molecule has 0 aliphatic carbocycles. The topological polar surface area (TPSA) is 42.0 Å². The van der Waals surface area contributed by atoms with E-state index in [0.29, 0.717) is 29.1 Å². The predicted octanol–water partition coefficient (Wildman–Crippen LogP) is 3.07.